The van der Waals surface area contributed by atoms with E-state index in [2.05, 4.69) is 9.88 Å². The number of rotatable bonds is 5. The van der Waals surface area contributed by atoms with Crippen molar-refractivity contribution in [2.75, 3.05) is 0 Å². The van der Waals surface area contributed by atoms with Crippen LogP contribution in [-0.2, 0) is 11.3 Å². The van der Waals surface area contributed by atoms with Gasteiger partial charge in [-0.1, -0.05) is 41.4 Å². The number of benzene rings is 2. The van der Waals surface area contributed by atoms with Gasteiger partial charge in [-0.2, -0.15) is 0 Å². The molecule has 134 valence electrons. The summed E-state index contributed by atoms with van der Waals surface area (Å²) in [6, 6.07) is 13.2. The highest BCUT2D eigenvalue weighted by Gasteiger charge is 2.31. The van der Waals surface area contributed by atoms with Crippen molar-refractivity contribution < 1.29 is 4.79 Å². The fraction of sp³-hybridized carbons (Fsp3) is 0.300. The van der Waals surface area contributed by atoms with E-state index in [-0.39, 0.29) is 17.9 Å². The van der Waals surface area contributed by atoms with Gasteiger partial charge in [0.25, 0.3) is 0 Å². The summed E-state index contributed by atoms with van der Waals surface area (Å²) in [6.07, 6.45) is 1.95. The quantitative estimate of drug-likeness (QED) is 0.670. The Hall–Kier alpha value is -2.04. The van der Waals surface area contributed by atoms with Crippen molar-refractivity contribution in [2.45, 2.75) is 32.4 Å². The lowest BCUT2D eigenvalue weighted by atomic mass is 10.2. The van der Waals surface area contributed by atoms with Gasteiger partial charge in [0, 0.05) is 21.5 Å². The first-order valence-corrected chi connectivity index (χ1v) is 9.48. The minimum atomic E-state index is -0.197. The number of nitrogens with one attached hydrogen (secondary N) is 1. The zero-order valence-electron chi connectivity index (χ0n) is 14.4. The second-order valence-corrected chi connectivity index (χ2v) is 7.56. The van der Waals surface area contributed by atoms with Gasteiger partial charge in [-0.15, -0.1) is 0 Å². The second-order valence-electron chi connectivity index (χ2n) is 6.75. The third-order valence-electron chi connectivity index (χ3n) is 4.76. The van der Waals surface area contributed by atoms with Crippen LogP contribution in [0, 0.1) is 5.92 Å². The lowest BCUT2D eigenvalue weighted by Gasteiger charge is -2.17. The van der Waals surface area contributed by atoms with E-state index in [1.807, 2.05) is 49.4 Å². The predicted molar refractivity (Wildman–Crippen MR) is 105 cm³/mol. The molecule has 1 N–H and O–H groups in total. The summed E-state index contributed by atoms with van der Waals surface area (Å²) in [5, 5.41) is 4.33. The largest absolute Gasteiger partial charge is 0.346 e. The average molecular weight is 388 g/mol. The third-order valence-corrected chi connectivity index (χ3v) is 5.46. The molecule has 0 saturated heterocycles. The zero-order valence-corrected chi connectivity index (χ0v) is 15.9. The number of nitrogens with zero attached hydrogens (tertiary/aromatic N) is 2. The Bertz CT molecular complexity index is 958. The number of carbonyl (C=O) groups is 1. The summed E-state index contributed by atoms with van der Waals surface area (Å²) in [5.41, 5.74) is 2.73. The van der Waals surface area contributed by atoms with E-state index in [4.69, 9.17) is 28.2 Å². The highest BCUT2D eigenvalue weighted by molar-refractivity contribution is 6.36. The van der Waals surface area contributed by atoms with Crippen molar-refractivity contribution in [2.24, 2.45) is 5.92 Å². The summed E-state index contributed by atoms with van der Waals surface area (Å²) < 4.78 is 2.08. The molecular weight excluding hydrogens is 369 g/mol. The summed E-state index contributed by atoms with van der Waals surface area (Å²) in [7, 11) is 0. The molecule has 1 unspecified atom stereocenters. The average Bonchev–Trinajstić information content (AvgIpc) is 3.40. The van der Waals surface area contributed by atoms with Crippen LogP contribution in [0.5, 0.6) is 0 Å². The molecular formula is C20H19Cl2N3O. The van der Waals surface area contributed by atoms with Crippen molar-refractivity contribution in [1.82, 2.24) is 14.9 Å². The second kappa shape index (κ2) is 6.93. The Morgan fingerprint density at radius 1 is 1.19 bits per heavy atom. The molecule has 1 atom stereocenters. The van der Waals surface area contributed by atoms with Crippen LogP contribution in [0.4, 0.5) is 0 Å². The topological polar surface area (TPSA) is 46.9 Å². The zero-order chi connectivity index (χ0) is 18.3. The molecule has 1 fully saturated rings. The molecule has 4 nitrogen and oxygen atoms in total. The molecule has 0 spiro atoms. The summed E-state index contributed by atoms with van der Waals surface area (Å²) in [4.78, 5) is 17.0. The molecule has 1 amide bonds. The van der Waals surface area contributed by atoms with E-state index in [0.717, 1.165) is 35.3 Å². The van der Waals surface area contributed by atoms with Gasteiger partial charge in [-0.3, -0.25) is 4.79 Å². The number of halogens is 2. The van der Waals surface area contributed by atoms with Gasteiger partial charge in [0.1, 0.15) is 5.82 Å². The van der Waals surface area contributed by atoms with Crippen LogP contribution in [0.2, 0.25) is 10.0 Å². The molecule has 0 radical (unpaired) electrons. The SMILES string of the molecule is CC(NC(=O)C1CC1)c1nc2ccccc2n1Cc1c(Cl)cccc1Cl. The van der Waals surface area contributed by atoms with E-state index in [1.165, 1.54) is 0 Å². The van der Waals surface area contributed by atoms with Crippen LogP contribution in [0.15, 0.2) is 42.5 Å². The Balaban J connectivity index is 1.75. The highest BCUT2D eigenvalue weighted by Crippen LogP contribution is 2.31. The molecule has 1 heterocycles. The molecule has 0 aliphatic heterocycles. The first-order valence-electron chi connectivity index (χ1n) is 8.73. The maximum atomic E-state index is 12.2. The van der Waals surface area contributed by atoms with Crippen LogP contribution >= 0.6 is 23.2 Å². The van der Waals surface area contributed by atoms with Gasteiger partial charge in [-0.05, 0) is 44.0 Å². The van der Waals surface area contributed by atoms with Crippen molar-refractivity contribution in [3.05, 3.63) is 63.9 Å². The number of hydrogen-bond donors (Lipinski definition) is 1. The fourth-order valence-corrected chi connectivity index (χ4v) is 3.69. The maximum Gasteiger partial charge on any atom is 0.223 e. The molecule has 26 heavy (non-hydrogen) atoms. The molecule has 1 aromatic heterocycles. The van der Waals surface area contributed by atoms with Crippen LogP contribution in [0.1, 0.15) is 37.2 Å². The standard InChI is InChI=1S/C20H19Cl2N3O/c1-12(23-20(26)13-9-10-13)19-24-17-7-2-3-8-18(17)25(19)11-14-15(21)5-4-6-16(14)22/h2-8,12-13H,9-11H2,1H3,(H,23,26). The van der Waals surface area contributed by atoms with E-state index in [9.17, 15) is 4.79 Å². The van der Waals surface area contributed by atoms with Gasteiger partial charge in [0.15, 0.2) is 0 Å². The Labute approximate surface area is 162 Å². The highest BCUT2D eigenvalue weighted by atomic mass is 35.5. The summed E-state index contributed by atoms with van der Waals surface area (Å²) in [6.45, 7) is 2.46. The lowest BCUT2D eigenvalue weighted by molar-refractivity contribution is -0.123. The Morgan fingerprint density at radius 2 is 1.88 bits per heavy atom. The van der Waals surface area contributed by atoms with Gasteiger partial charge < -0.3 is 9.88 Å². The van der Waals surface area contributed by atoms with Crippen LogP contribution < -0.4 is 5.32 Å². The van der Waals surface area contributed by atoms with Gasteiger partial charge in [0.2, 0.25) is 5.91 Å². The van der Waals surface area contributed by atoms with Crippen molar-refractivity contribution >= 4 is 40.1 Å². The molecule has 1 aliphatic rings. The number of carbonyl (C=O) groups excluding carboxylic acids is 1. The molecule has 1 saturated carbocycles. The first-order chi connectivity index (χ1) is 12.5. The number of amides is 1. The summed E-state index contributed by atoms with van der Waals surface area (Å²) in [5.74, 6) is 1.07. The molecule has 0 bridgehead atoms. The van der Waals surface area contributed by atoms with Gasteiger partial charge >= 0.3 is 0 Å². The number of hydrogen-bond acceptors (Lipinski definition) is 2. The van der Waals surface area contributed by atoms with E-state index in [1.54, 1.807) is 0 Å². The van der Waals surface area contributed by atoms with Crippen LogP contribution in [0.25, 0.3) is 11.0 Å². The molecule has 2 aromatic carbocycles. The van der Waals surface area contributed by atoms with E-state index < -0.39 is 0 Å². The number of para-hydroxylation sites is 2. The number of imidazole rings is 1. The Kier molecular flexibility index (Phi) is 4.63. The van der Waals surface area contributed by atoms with Crippen molar-refractivity contribution in [3.63, 3.8) is 0 Å². The number of aromatic nitrogens is 2. The normalized spacial score (nSPS) is 15.2. The van der Waals surface area contributed by atoms with Crippen molar-refractivity contribution in [1.29, 1.82) is 0 Å². The number of fused-ring (bicyclic) bond motifs is 1. The molecule has 3 aromatic rings. The molecule has 6 heteroatoms. The van der Waals surface area contributed by atoms with E-state index in [0.29, 0.717) is 16.6 Å². The molecule has 4 rings (SSSR count). The van der Waals surface area contributed by atoms with Gasteiger partial charge in [0.05, 0.1) is 23.6 Å². The monoisotopic (exact) mass is 387 g/mol. The maximum absolute atomic E-state index is 12.2. The van der Waals surface area contributed by atoms with Gasteiger partial charge in [-0.25, -0.2) is 4.98 Å². The van der Waals surface area contributed by atoms with E-state index >= 15 is 0 Å². The minimum Gasteiger partial charge on any atom is -0.346 e. The fourth-order valence-electron chi connectivity index (χ4n) is 3.17. The smallest absolute Gasteiger partial charge is 0.223 e. The predicted octanol–water partition coefficient (Wildman–Crippen LogP) is 4.98. The van der Waals surface area contributed by atoms with Crippen LogP contribution in [-0.4, -0.2) is 15.5 Å². The summed E-state index contributed by atoms with van der Waals surface area (Å²) >= 11 is 12.8. The minimum absolute atomic E-state index is 0.104. The molecule has 1 aliphatic carbocycles. The Morgan fingerprint density at radius 3 is 2.58 bits per heavy atom. The van der Waals surface area contributed by atoms with Crippen molar-refractivity contribution in [3.8, 4) is 0 Å². The first kappa shape index (κ1) is 17.4. The van der Waals surface area contributed by atoms with Crippen LogP contribution in [0.3, 0.4) is 0 Å². The lowest BCUT2D eigenvalue weighted by Crippen LogP contribution is -2.30. The third kappa shape index (κ3) is 3.31.